The number of nitrogens with one attached hydrogen (secondary N) is 1. The molecule has 1 aliphatic rings. The Morgan fingerprint density at radius 2 is 2.15 bits per heavy atom. The average molecular weight is 294 g/mol. The van der Waals surface area contributed by atoms with Crippen LogP contribution in [0, 0.1) is 24.2 Å². The fourth-order valence-corrected chi connectivity index (χ4v) is 2.65. The molecule has 1 saturated carbocycles. The lowest BCUT2D eigenvalue weighted by molar-refractivity contribution is -0.142. The molecule has 0 saturated heterocycles. The zero-order valence-corrected chi connectivity index (χ0v) is 11.9. The Kier molecular flexibility index (Phi) is 4.46. The van der Waals surface area contributed by atoms with Crippen molar-refractivity contribution in [3.8, 4) is 6.07 Å². The highest BCUT2D eigenvalue weighted by Crippen LogP contribution is 2.29. The van der Waals surface area contributed by atoms with Gasteiger partial charge in [0, 0.05) is 12.2 Å². The highest BCUT2D eigenvalue weighted by atomic mass is 35.5. The number of aromatic nitrogens is 1. The molecule has 1 aromatic heterocycles. The van der Waals surface area contributed by atoms with E-state index in [-0.39, 0.29) is 12.0 Å². The van der Waals surface area contributed by atoms with Gasteiger partial charge in [-0.3, -0.25) is 4.79 Å². The Morgan fingerprint density at radius 1 is 1.50 bits per heavy atom. The normalized spacial score (nSPS) is 22.1. The van der Waals surface area contributed by atoms with Gasteiger partial charge in [-0.25, -0.2) is 4.98 Å². The minimum Gasteiger partial charge on any atom is -0.481 e. The van der Waals surface area contributed by atoms with E-state index < -0.39 is 5.97 Å². The van der Waals surface area contributed by atoms with Gasteiger partial charge in [0.05, 0.1) is 16.5 Å². The summed E-state index contributed by atoms with van der Waals surface area (Å²) in [5, 5.41) is 21.9. The molecular formula is C14H16ClN3O2. The monoisotopic (exact) mass is 293 g/mol. The van der Waals surface area contributed by atoms with Crippen molar-refractivity contribution in [2.24, 2.45) is 5.92 Å². The number of nitrogens with zero attached hydrogens (tertiary/aromatic N) is 2. The molecule has 1 aromatic rings. The van der Waals surface area contributed by atoms with E-state index in [0.29, 0.717) is 34.8 Å². The molecule has 1 aliphatic carbocycles. The number of carboxylic acid groups (broad SMARTS) is 1. The topological polar surface area (TPSA) is 86.0 Å². The second kappa shape index (κ2) is 6.10. The SMILES string of the molecule is Cc1c(Cl)cnc(NC2CCC(C(=O)O)CC2)c1C#N. The number of hydrogen-bond acceptors (Lipinski definition) is 4. The van der Waals surface area contributed by atoms with Crippen LogP contribution in [-0.2, 0) is 4.79 Å². The fourth-order valence-electron chi connectivity index (χ4n) is 2.50. The Hall–Kier alpha value is -1.80. The van der Waals surface area contributed by atoms with Crippen LogP contribution in [0.25, 0.3) is 0 Å². The summed E-state index contributed by atoms with van der Waals surface area (Å²) in [7, 11) is 0. The summed E-state index contributed by atoms with van der Waals surface area (Å²) in [4.78, 5) is 15.1. The Morgan fingerprint density at radius 3 is 2.70 bits per heavy atom. The number of hydrogen-bond donors (Lipinski definition) is 2. The number of carboxylic acids is 1. The molecule has 0 aromatic carbocycles. The second-order valence-electron chi connectivity index (χ2n) is 5.10. The van der Waals surface area contributed by atoms with Gasteiger partial charge < -0.3 is 10.4 Å². The van der Waals surface area contributed by atoms with E-state index in [9.17, 15) is 10.1 Å². The number of halogens is 1. The molecule has 106 valence electrons. The van der Waals surface area contributed by atoms with Crippen molar-refractivity contribution in [3.63, 3.8) is 0 Å². The van der Waals surface area contributed by atoms with Gasteiger partial charge in [-0.15, -0.1) is 0 Å². The number of rotatable bonds is 3. The van der Waals surface area contributed by atoms with Gasteiger partial charge in [0.1, 0.15) is 11.9 Å². The maximum absolute atomic E-state index is 10.9. The summed E-state index contributed by atoms with van der Waals surface area (Å²) < 4.78 is 0. The third-order valence-electron chi connectivity index (χ3n) is 3.81. The summed E-state index contributed by atoms with van der Waals surface area (Å²) in [5.41, 5.74) is 1.17. The molecule has 1 fully saturated rings. The van der Waals surface area contributed by atoms with Crippen LogP contribution in [0.2, 0.25) is 5.02 Å². The molecule has 0 unspecified atom stereocenters. The van der Waals surface area contributed by atoms with Gasteiger partial charge >= 0.3 is 5.97 Å². The van der Waals surface area contributed by atoms with Crippen molar-refractivity contribution >= 4 is 23.4 Å². The van der Waals surface area contributed by atoms with E-state index in [1.165, 1.54) is 6.20 Å². The molecule has 0 atom stereocenters. The molecule has 6 heteroatoms. The quantitative estimate of drug-likeness (QED) is 0.895. The third-order valence-corrected chi connectivity index (χ3v) is 4.19. The van der Waals surface area contributed by atoms with Crippen molar-refractivity contribution in [2.75, 3.05) is 5.32 Å². The van der Waals surface area contributed by atoms with Crippen molar-refractivity contribution < 1.29 is 9.90 Å². The summed E-state index contributed by atoms with van der Waals surface area (Å²) >= 11 is 5.95. The first-order valence-corrected chi connectivity index (χ1v) is 6.95. The maximum Gasteiger partial charge on any atom is 0.306 e. The minimum atomic E-state index is -0.721. The van der Waals surface area contributed by atoms with Crippen LogP contribution in [-0.4, -0.2) is 22.1 Å². The Bertz CT molecular complexity index is 560. The van der Waals surface area contributed by atoms with Crippen LogP contribution in [0.5, 0.6) is 0 Å². The first kappa shape index (κ1) is 14.6. The predicted molar refractivity (Wildman–Crippen MR) is 75.7 cm³/mol. The van der Waals surface area contributed by atoms with Crippen molar-refractivity contribution in [1.29, 1.82) is 5.26 Å². The fraction of sp³-hybridized carbons (Fsp3) is 0.500. The lowest BCUT2D eigenvalue weighted by Crippen LogP contribution is -2.29. The van der Waals surface area contributed by atoms with Crippen molar-refractivity contribution in [1.82, 2.24) is 4.98 Å². The van der Waals surface area contributed by atoms with Crippen LogP contribution in [0.15, 0.2) is 6.20 Å². The maximum atomic E-state index is 10.9. The van der Waals surface area contributed by atoms with Crippen LogP contribution in [0.3, 0.4) is 0 Å². The molecule has 1 heterocycles. The number of nitriles is 1. The van der Waals surface area contributed by atoms with E-state index in [1.807, 2.05) is 0 Å². The molecule has 0 bridgehead atoms. The number of anilines is 1. The van der Waals surface area contributed by atoms with Crippen LogP contribution in [0.4, 0.5) is 5.82 Å². The van der Waals surface area contributed by atoms with Crippen LogP contribution < -0.4 is 5.32 Å². The van der Waals surface area contributed by atoms with E-state index in [1.54, 1.807) is 6.92 Å². The van der Waals surface area contributed by atoms with Crippen molar-refractivity contribution in [3.05, 3.63) is 22.3 Å². The average Bonchev–Trinajstić information content (AvgIpc) is 2.44. The number of carbonyl (C=O) groups is 1. The minimum absolute atomic E-state index is 0.158. The van der Waals surface area contributed by atoms with Gasteiger partial charge in [-0.05, 0) is 38.2 Å². The van der Waals surface area contributed by atoms with Crippen molar-refractivity contribution in [2.45, 2.75) is 38.6 Å². The molecule has 0 aliphatic heterocycles. The van der Waals surface area contributed by atoms with Gasteiger partial charge in [-0.1, -0.05) is 11.6 Å². The van der Waals surface area contributed by atoms with Gasteiger partial charge in [0.15, 0.2) is 0 Å². The highest BCUT2D eigenvalue weighted by Gasteiger charge is 2.26. The smallest absolute Gasteiger partial charge is 0.306 e. The predicted octanol–water partition coefficient (Wildman–Crippen LogP) is 2.97. The zero-order chi connectivity index (χ0) is 14.7. The Labute approximate surface area is 122 Å². The summed E-state index contributed by atoms with van der Waals surface area (Å²) in [6.07, 6.45) is 4.38. The highest BCUT2D eigenvalue weighted by molar-refractivity contribution is 6.31. The molecule has 0 radical (unpaired) electrons. The number of aliphatic carboxylic acids is 1. The summed E-state index contributed by atoms with van der Waals surface area (Å²) in [6.45, 7) is 1.79. The molecule has 2 rings (SSSR count). The van der Waals surface area contributed by atoms with Gasteiger partial charge in [0.2, 0.25) is 0 Å². The lowest BCUT2D eigenvalue weighted by Gasteiger charge is -2.27. The molecule has 20 heavy (non-hydrogen) atoms. The van der Waals surface area contributed by atoms with E-state index >= 15 is 0 Å². The van der Waals surface area contributed by atoms with Crippen LogP contribution >= 0.6 is 11.6 Å². The van der Waals surface area contributed by atoms with E-state index in [0.717, 1.165) is 12.8 Å². The molecule has 5 nitrogen and oxygen atoms in total. The second-order valence-corrected chi connectivity index (χ2v) is 5.50. The summed E-state index contributed by atoms with van der Waals surface area (Å²) in [5.74, 6) is -0.432. The third kappa shape index (κ3) is 3.02. The van der Waals surface area contributed by atoms with E-state index in [2.05, 4.69) is 16.4 Å². The van der Waals surface area contributed by atoms with E-state index in [4.69, 9.17) is 16.7 Å². The summed E-state index contributed by atoms with van der Waals surface area (Å²) in [6, 6.07) is 2.28. The zero-order valence-electron chi connectivity index (χ0n) is 11.2. The molecular weight excluding hydrogens is 278 g/mol. The van der Waals surface area contributed by atoms with Gasteiger partial charge in [-0.2, -0.15) is 5.26 Å². The molecule has 2 N–H and O–H groups in total. The standard InChI is InChI=1S/C14H16ClN3O2/c1-8-11(6-16)13(17-7-12(8)15)18-10-4-2-9(3-5-10)14(19)20/h7,9-10H,2-5H2,1H3,(H,17,18)(H,19,20). The first-order valence-electron chi connectivity index (χ1n) is 6.57. The molecule has 0 spiro atoms. The largest absolute Gasteiger partial charge is 0.481 e. The molecule has 0 amide bonds. The number of pyridine rings is 1. The van der Waals surface area contributed by atoms with Crippen LogP contribution in [0.1, 0.15) is 36.8 Å². The Balaban J connectivity index is 2.07. The lowest BCUT2D eigenvalue weighted by atomic mass is 9.86. The van der Waals surface area contributed by atoms with Gasteiger partial charge in [0.25, 0.3) is 0 Å². The first-order chi connectivity index (χ1) is 9.52.